The molecule has 0 aliphatic carbocycles. The number of pyridine rings is 1. The van der Waals surface area contributed by atoms with E-state index in [1.54, 1.807) is 7.05 Å². The van der Waals surface area contributed by atoms with Crippen molar-refractivity contribution >= 4 is 0 Å². The van der Waals surface area contributed by atoms with Crippen molar-refractivity contribution in [2.75, 3.05) is 7.05 Å². The van der Waals surface area contributed by atoms with E-state index < -0.39 is 29.1 Å². The highest BCUT2D eigenvalue weighted by Gasteiger charge is 2.14. The third-order valence-electron chi connectivity index (χ3n) is 2.40. The third kappa shape index (κ3) is 3.03. The minimum Gasteiger partial charge on any atom is -0.433 e. The fourth-order valence-electron chi connectivity index (χ4n) is 1.52. The molecule has 3 nitrogen and oxygen atoms in total. The van der Waals surface area contributed by atoms with Crippen LogP contribution in [0.1, 0.15) is 5.56 Å². The van der Waals surface area contributed by atoms with Gasteiger partial charge in [0.25, 0.3) is 5.88 Å². The van der Waals surface area contributed by atoms with Gasteiger partial charge < -0.3 is 10.1 Å². The van der Waals surface area contributed by atoms with Crippen LogP contribution in [0.3, 0.4) is 0 Å². The predicted octanol–water partition coefficient (Wildman–Crippen LogP) is 3.01. The number of hydrogen-bond acceptors (Lipinski definition) is 3. The highest BCUT2D eigenvalue weighted by molar-refractivity contribution is 5.31. The summed E-state index contributed by atoms with van der Waals surface area (Å²) in [4.78, 5) is 3.67. The number of aromatic nitrogens is 1. The Morgan fingerprint density at radius 2 is 2.00 bits per heavy atom. The zero-order valence-electron chi connectivity index (χ0n) is 10.1. The first kappa shape index (κ1) is 13.4. The van der Waals surface area contributed by atoms with Gasteiger partial charge in [0, 0.05) is 24.4 Å². The van der Waals surface area contributed by atoms with E-state index in [1.807, 2.05) is 0 Å². The lowest BCUT2D eigenvalue weighted by Crippen LogP contribution is -2.08. The molecule has 0 amide bonds. The Bertz CT molecular complexity index is 590. The molecule has 2 rings (SSSR count). The van der Waals surface area contributed by atoms with Gasteiger partial charge in [-0.05, 0) is 25.2 Å². The number of hydrogen-bond donors (Lipinski definition) is 1. The van der Waals surface area contributed by atoms with Gasteiger partial charge >= 0.3 is 0 Å². The van der Waals surface area contributed by atoms with Gasteiger partial charge in [-0.25, -0.2) is 18.2 Å². The standard InChI is InChI=1S/C13H11F3N2O/c1-17-7-8-4-5-18-13(12(8)16)19-11-6-9(14)2-3-10(11)15/h2-6,17H,7H2,1H3. The van der Waals surface area contributed by atoms with Crippen molar-refractivity contribution in [3.8, 4) is 11.6 Å². The van der Waals surface area contributed by atoms with E-state index in [0.29, 0.717) is 5.56 Å². The minimum atomic E-state index is -0.790. The molecule has 1 N–H and O–H groups in total. The summed E-state index contributed by atoms with van der Waals surface area (Å²) in [5.74, 6) is -2.98. The molecule has 2 aromatic rings. The van der Waals surface area contributed by atoms with Crippen LogP contribution in [0.15, 0.2) is 30.5 Å². The molecule has 0 saturated carbocycles. The van der Waals surface area contributed by atoms with Gasteiger partial charge in [0.05, 0.1) is 0 Å². The zero-order chi connectivity index (χ0) is 13.8. The van der Waals surface area contributed by atoms with Crippen molar-refractivity contribution in [1.29, 1.82) is 0 Å². The van der Waals surface area contributed by atoms with Gasteiger partial charge in [-0.1, -0.05) is 0 Å². The smallest absolute Gasteiger partial charge is 0.256 e. The zero-order valence-corrected chi connectivity index (χ0v) is 10.1. The number of benzene rings is 1. The van der Waals surface area contributed by atoms with E-state index in [1.165, 1.54) is 12.3 Å². The molecular formula is C13H11F3N2O. The summed E-state index contributed by atoms with van der Waals surface area (Å²) >= 11 is 0. The number of ether oxygens (including phenoxy) is 1. The molecule has 1 aromatic carbocycles. The average molecular weight is 268 g/mol. The first-order valence-corrected chi connectivity index (χ1v) is 5.52. The van der Waals surface area contributed by atoms with Crippen molar-refractivity contribution in [1.82, 2.24) is 10.3 Å². The van der Waals surface area contributed by atoms with Gasteiger partial charge in [-0.2, -0.15) is 0 Å². The fourth-order valence-corrected chi connectivity index (χ4v) is 1.52. The molecule has 1 aromatic heterocycles. The molecule has 0 atom stereocenters. The summed E-state index contributed by atoms with van der Waals surface area (Å²) in [6.45, 7) is 0.274. The second-order valence-corrected chi connectivity index (χ2v) is 3.80. The summed E-state index contributed by atoms with van der Waals surface area (Å²) in [6, 6.07) is 4.16. The minimum absolute atomic E-state index is 0.274. The lowest BCUT2D eigenvalue weighted by atomic mass is 10.2. The second kappa shape index (κ2) is 5.71. The van der Waals surface area contributed by atoms with Crippen LogP contribution < -0.4 is 10.1 Å². The van der Waals surface area contributed by atoms with E-state index in [-0.39, 0.29) is 6.54 Å². The normalized spacial score (nSPS) is 10.5. The Balaban J connectivity index is 2.33. The van der Waals surface area contributed by atoms with Crippen LogP contribution in [0.25, 0.3) is 0 Å². The van der Waals surface area contributed by atoms with Crippen LogP contribution in [0, 0.1) is 17.5 Å². The summed E-state index contributed by atoms with van der Waals surface area (Å²) in [5, 5.41) is 2.78. The Hall–Kier alpha value is -2.08. The molecule has 0 radical (unpaired) electrons. The molecule has 19 heavy (non-hydrogen) atoms. The summed E-state index contributed by atoms with van der Waals surface area (Å²) in [6.07, 6.45) is 1.34. The Labute approximate surface area is 108 Å². The maximum absolute atomic E-state index is 13.9. The number of nitrogens with zero attached hydrogens (tertiary/aromatic N) is 1. The molecule has 0 fully saturated rings. The Morgan fingerprint density at radius 3 is 2.74 bits per heavy atom. The SMILES string of the molecule is CNCc1ccnc(Oc2cc(F)ccc2F)c1F. The van der Waals surface area contributed by atoms with Crippen molar-refractivity contribution < 1.29 is 17.9 Å². The second-order valence-electron chi connectivity index (χ2n) is 3.80. The van der Waals surface area contributed by atoms with Crippen molar-refractivity contribution in [3.05, 3.63) is 53.5 Å². The molecule has 100 valence electrons. The predicted molar refractivity (Wildman–Crippen MR) is 63.4 cm³/mol. The van der Waals surface area contributed by atoms with Gasteiger partial charge in [0.2, 0.25) is 0 Å². The summed E-state index contributed by atoms with van der Waals surface area (Å²) in [5.41, 5.74) is 0.323. The van der Waals surface area contributed by atoms with Gasteiger partial charge in [0.1, 0.15) is 5.82 Å². The molecule has 0 aliphatic rings. The van der Waals surface area contributed by atoms with Crippen molar-refractivity contribution in [2.24, 2.45) is 0 Å². The lowest BCUT2D eigenvalue weighted by molar-refractivity contribution is 0.392. The van der Waals surface area contributed by atoms with E-state index in [0.717, 1.165) is 18.2 Å². The van der Waals surface area contributed by atoms with Crippen LogP contribution in [0.5, 0.6) is 11.6 Å². The first-order valence-electron chi connectivity index (χ1n) is 5.52. The maximum atomic E-state index is 13.9. The molecule has 6 heteroatoms. The molecule has 0 spiro atoms. The van der Waals surface area contributed by atoms with Crippen LogP contribution in [0.2, 0.25) is 0 Å². The van der Waals surface area contributed by atoms with Gasteiger partial charge in [0.15, 0.2) is 17.4 Å². The van der Waals surface area contributed by atoms with E-state index in [4.69, 9.17) is 4.74 Å². The first-order chi connectivity index (χ1) is 9.11. The quantitative estimate of drug-likeness (QED) is 0.925. The molecule has 0 saturated heterocycles. The average Bonchev–Trinajstić information content (AvgIpc) is 2.39. The van der Waals surface area contributed by atoms with E-state index in [9.17, 15) is 13.2 Å². The molecule has 0 aliphatic heterocycles. The number of halogens is 3. The number of rotatable bonds is 4. The lowest BCUT2D eigenvalue weighted by Gasteiger charge is -2.09. The molecule has 1 heterocycles. The van der Waals surface area contributed by atoms with Crippen LogP contribution in [-0.2, 0) is 6.54 Å². The van der Waals surface area contributed by atoms with Crippen molar-refractivity contribution in [3.63, 3.8) is 0 Å². The molecular weight excluding hydrogens is 257 g/mol. The Morgan fingerprint density at radius 1 is 1.21 bits per heavy atom. The monoisotopic (exact) mass is 268 g/mol. The number of nitrogens with one attached hydrogen (secondary N) is 1. The molecule has 0 bridgehead atoms. The summed E-state index contributed by atoms with van der Waals surface area (Å²) in [7, 11) is 1.66. The molecule has 0 unspecified atom stereocenters. The summed E-state index contributed by atoms with van der Waals surface area (Å²) < 4.78 is 45.3. The van der Waals surface area contributed by atoms with Crippen molar-refractivity contribution in [2.45, 2.75) is 6.54 Å². The Kier molecular flexibility index (Phi) is 4.01. The van der Waals surface area contributed by atoms with Crippen LogP contribution >= 0.6 is 0 Å². The van der Waals surface area contributed by atoms with Crippen LogP contribution in [0.4, 0.5) is 13.2 Å². The van der Waals surface area contributed by atoms with Gasteiger partial charge in [-0.15, -0.1) is 0 Å². The highest BCUT2D eigenvalue weighted by Crippen LogP contribution is 2.26. The topological polar surface area (TPSA) is 34.2 Å². The van der Waals surface area contributed by atoms with Gasteiger partial charge in [-0.3, -0.25) is 0 Å². The van der Waals surface area contributed by atoms with E-state index in [2.05, 4.69) is 10.3 Å². The third-order valence-corrected chi connectivity index (χ3v) is 2.40. The van der Waals surface area contributed by atoms with E-state index >= 15 is 0 Å². The fraction of sp³-hybridized carbons (Fsp3) is 0.154. The highest BCUT2D eigenvalue weighted by atomic mass is 19.1. The van der Waals surface area contributed by atoms with Crippen LogP contribution in [-0.4, -0.2) is 12.0 Å². The maximum Gasteiger partial charge on any atom is 0.256 e. The largest absolute Gasteiger partial charge is 0.433 e.